The quantitative estimate of drug-likeness (QED) is 0.625. The van der Waals surface area contributed by atoms with Crippen LogP contribution < -0.4 is 4.74 Å². The summed E-state index contributed by atoms with van der Waals surface area (Å²) in [7, 11) is 0. The third-order valence-corrected chi connectivity index (χ3v) is 3.02. The van der Waals surface area contributed by atoms with Crippen LogP contribution in [0.2, 0.25) is 0 Å². The molecule has 1 saturated heterocycles. The molecule has 1 aromatic rings. The topological polar surface area (TPSA) is 18.5 Å². The molecule has 3 rings (SSSR count). The van der Waals surface area contributed by atoms with Gasteiger partial charge in [0.25, 0.3) is 0 Å². The molecule has 1 fully saturated rings. The molecule has 2 aliphatic rings. The second-order valence-corrected chi connectivity index (χ2v) is 4.42. The zero-order chi connectivity index (χ0) is 9.60. The third kappa shape index (κ3) is 1.14. The maximum absolute atomic E-state index is 5.90. The molecule has 74 valence electrons. The summed E-state index contributed by atoms with van der Waals surface area (Å²) in [5.41, 5.74) is 1.28. The van der Waals surface area contributed by atoms with Gasteiger partial charge in [-0.3, -0.25) is 0 Å². The Balaban J connectivity index is 1.91. The monoisotopic (exact) mass is 190 g/mol. The largest absolute Gasteiger partial charge is 0.462 e. The molecule has 2 heterocycles. The van der Waals surface area contributed by atoms with E-state index in [1.165, 1.54) is 5.56 Å². The molecule has 0 bridgehead atoms. The number of para-hydroxylation sites is 1. The Kier molecular flexibility index (Phi) is 1.62. The van der Waals surface area contributed by atoms with Crippen molar-refractivity contribution >= 4 is 0 Å². The fraction of sp³-hybridized carbons (Fsp3) is 0.500. The minimum atomic E-state index is -0.330. The summed E-state index contributed by atoms with van der Waals surface area (Å²) >= 11 is 0. The Morgan fingerprint density at radius 2 is 2.21 bits per heavy atom. The number of fused-ring (bicyclic) bond motifs is 1. The summed E-state index contributed by atoms with van der Waals surface area (Å²) in [5.74, 6) is 1.29. The minimum absolute atomic E-state index is 0.330. The molecule has 1 spiro atoms. The molecule has 2 nitrogen and oxygen atoms in total. The van der Waals surface area contributed by atoms with Crippen LogP contribution in [-0.4, -0.2) is 12.4 Å². The van der Waals surface area contributed by atoms with Gasteiger partial charge in [-0.15, -0.1) is 0 Å². The predicted molar refractivity (Wildman–Crippen MR) is 53.2 cm³/mol. The van der Waals surface area contributed by atoms with E-state index < -0.39 is 0 Å². The van der Waals surface area contributed by atoms with E-state index in [1.807, 2.05) is 12.1 Å². The van der Waals surface area contributed by atoms with Crippen LogP contribution in [0.3, 0.4) is 0 Å². The number of hydrogen-bond donors (Lipinski definition) is 0. The molecule has 1 aromatic carbocycles. The van der Waals surface area contributed by atoms with Gasteiger partial charge < -0.3 is 9.47 Å². The highest BCUT2D eigenvalue weighted by Crippen LogP contribution is 2.42. The van der Waals surface area contributed by atoms with Gasteiger partial charge in [0.05, 0.1) is 6.61 Å². The smallest absolute Gasteiger partial charge is 0.215 e. The highest BCUT2D eigenvalue weighted by Gasteiger charge is 2.45. The van der Waals surface area contributed by atoms with Crippen LogP contribution in [0.25, 0.3) is 0 Å². The molecule has 0 aromatic heterocycles. The van der Waals surface area contributed by atoms with Gasteiger partial charge in [0, 0.05) is 18.4 Å². The number of hydrogen-bond acceptors (Lipinski definition) is 2. The molecule has 0 aliphatic carbocycles. The van der Waals surface area contributed by atoms with Crippen LogP contribution in [0, 0.1) is 5.92 Å². The summed E-state index contributed by atoms with van der Waals surface area (Å²) < 4.78 is 11.7. The molecule has 0 radical (unpaired) electrons. The molecular formula is C12H14O2. The van der Waals surface area contributed by atoms with E-state index in [-0.39, 0.29) is 5.79 Å². The maximum Gasteiger partial charge on any atom is 0.215 e. The summed E-state index contributed by atoms with van der Waals surface area (Å²) in [6.45, 7) is 3.04. The summed E-state index contributed by atoms with van der Waals surface area (Å²) in [5, 5.41) is 0. The van der Waals surface area contributed by atoms with Crippen molar-refractivity contribution in [3.05, 3.63) is 29.8 Å². The Labute approximate surface area is 83.8 Å². The highest BCUT2D eigenvalue weighted by molar-refractivity contribution is 5.38. The van der Waals surface area contributed by atoms with Crippen LogP contribution in [0.5, 0.6) is 5.75 Å². The van der Waals surface area contributed by atoms with E-state index >= 15 is 0 Å². The van der Waals surface area contributed by atoms with Crippen molar-refractivity contribution in [3.63, 3.8) is 0 Å². The molecule has 2 aliphatic heterocycles. The first-order valence-corrected chi connectivity index (χ1v) is 5.18. The van der Waals surface area contributed by atoms with Gasteiger partial charge in [0.2, 0.25) is 5.79 Å². The second kappa shape index (κ2) is 2.74. The standard InChI is InChI=1S/C12H14O2/c1-9-6-12(13-8-9)7-10-4-2-3-5-11(10)14-12/h2-5,9H,6-8H2,1H3/t9-,12+/m1/s1. The summed E-state index contributed by atoms with van der Waals surface area (Å²) in [6, 6.07) is 8.21. The molecular weight excluding hydrogens is 176 g/mol. The molecule has 0 N–H and O–H groups in total. The Morgan fingerprint density at radius 1 is 1.36 bits per heavy atom. The molecule has 2 atom stereocenters. The van der Waals surface area contributed by atoms with Crippen molar-refractivity contribution < 1.29 is 9.47 Å². The Morgan fingerprint density at radius 3 is 2.93 bits per heavy atom. The average molecular weight is 190 g/mol. The Bertz CT molecular complexity index is 334. The van der Waals surface area contributed by atoms with E-state index in [1.54, 1.807) is 0 Å². The van der Waals surface area contributed by atoms with Crippen molar-refractivity contribution in [2.24, 2.45) is 5.92 Å². The molecule has 0 amide bonds. The number of benzene rings is 1. The van der Waals surface area contributed by atoms with Crippen molar-refractivity contribution in [2.75, 3.05) is 6.61 Å². The SMILES string of the molecule is C[C@H]1CO[C@@]2(Cc3ccccc3O2)C1. The van der Waals surface area contributed by atoms with Crippen molar-refractivity contribution in [1.29, 1.82) is 0 Å². The second-order valence-electron chi connectivity index (χ2n) is 4.42. The zero-order valence-corrected chi connectivity index (χ0v) is 8.32. The lowest BCUT2D eigenvalue weighted by molar-refractivity contribution is -0.134. The normalized spacial score (nSPS) is 34.5. The predicted octanol–water partition coefficient (Wildman–Crippen LogP) is 2.37. The van der Waals surface area contributed by atoms with Crippen LogP contribution in [0.4, 0.5) is 0 Å². The van der Waals surface area contributed by atoms with E-state index in [9.17, 15) is 0 Å². The van der Waals surface area contributed by atoms with Gasteiger partial charge in [0.1, 0.15) is 5.75 Å². The first kappa shape index (κ1) is 8.30. The molecule has 0 unspecified atom stereocenters. The average Bonchev–Trinajstić information content (AvgIpc) is 2.69. The van der Waals surface area contributed by atoms with Gasteiger partial charge in [-0.05, 0) is 12.0 Å². The molecule has 0 saturated carbocycles. The van der Waals surface area contributed by atoms with E-state index in [0.717, 1.165) is 25.2 Å². The van der Waals surface area contributed by atoms with Gasteiger partial charge >= 0.3 is 0 Å². The fourth-order valence-electron chi connectivity index (χ4n) is 2.41. The number of rotatable bonds is 0. The van der Waals surface area contributed by atoms with E-state index in [4.69, 9.17) is 9.47 Å². The first-order valence-electron chi connectivity index (χ1n) is 5.18. The zero-order valence-electron chi connectivity index (χ0n) is 8.32. The van der Waals surface area contributed by atoms with Gasteiger partial charge in [0.15, 0.2) is 0 Å². The van der Waals surface area contributed by atoms with Crippen molar-refractivity contribution in [1.82, 2.24) is 0 Å². The van der Waals surface area contributed by atoms with Gasteiger partial charge in [-0.1, -0.05) is 25.1 Å². The lowest BCUT2D eigenvalue weighted by Gasteiger charge is -2.21. The first-order chi connectivity index (χ1) is 6.77. The van der Waals surface area contributed by atoms with Crippen molar-refractivity contribution in [3.8, 4) is 5.75 Å². The van der Waals surface area contributed by atoms with Gasteiger partial charge in [-0.25, -0.2) is 0 Å². The Hall–Kier alpha value is -1.02. The third-order valence-electron chi connectivity index (χ3n) is 3.02. The maximum atomic E-state index is 5.90. The summed E-state index contributed by atoms with van der Waals surface area (Å²) in [4.78, 5) is 0. The van der Waals surface area contributed by atoms with E-state index in [0.29, 0.717) is 5.92 Å². The van der Waals surface area contributed by atoms with Crippen LogP contribution >= 0.6 is 0 Å². The van der Waals surface area contributed by atoms with Crippen LogP contribution in [0.15, 0.2) is 24.3 Å². The highest BCUT2D eigenvalue weighted by atomic mass is 16.7. The minimum Gasteiger partial charge on any atom is -0.462 e. The molecule has 2 heteroatoms. The molecule has 14 heavy (non-hydrogen) atoms. The lowest BCUT2D eigenvalue weighted by Crippen LogP contribution is -2.33. The van der Waals surface area contributed by atoms with Crippen molar-refractivity contribution in [2.45, 2.75) is 25.6 Å². The van der Waals surface area contributed by atoms with Crippen LogP contribution in [0.1, 0.15) is 18.9 Å². The summed E-state index contributed by atoms with van der Waals surface area (Å²) in [6.07, 6.45) is 1.93. The van der Waals surface area contributed by atoms with E-state index in [2.05, 4.69) is 19.1 Å². The van der Waals surface area contributed by atoms with Gasteiger partial charge in [-0.2, -0.15) is 0 Å². The number of ether oxygens (including phenoxy) is 2. The lowest BCUT2D eigenvalue weighted by atomic mass is 10.0. The van der Waals surface area contributed by atoms with Crippen LogP contribution in [-0.2, 0) is 11.2 Å². The fourth-order valence-corrected chi connectivity index (χ4v) is 2.41.